The molecule has 12 nitrogen and oxygen atoms in total. The number of aliphatic hydroxyl groups excluding tert-OH is 1. The maximum Gasteiger partial charge on any atom is 0.408 e. The molecule has 1 aromatic heterocycles. The molecule has 0 aromatic carbocycles. The molecule has 38 heavy (non-hydrogen) atoms. The lowest BCUT2D eigenvalue weighted by Crippen LogP contribution is -2.55. The Kier molecular flexibility index (Phi) is 13.2. The molecule has 1 aromatic rings. The van der Waals surface area contributed by atoms with Gasteiger partial charge in [-0.05, 0) is 31.6 Å². The van der Waals surface area contributed by atoms with Gasteiger partial charge in [0, 0.05) is 25.6 Å². The highest BCUT2D eigenvalue weighted by atomic mass is 32.2. The summed E-state index contributed by atoms with van der Waals surface area (Å²) in [5, 5.41) is 18.7. The van der Waals surface area contributed by atoms with Crippen molar-refractivity contribution in [1.29, 1.82) is 0 Å². The number of aliphatic hydroxyl groups is 1. The minimum Gasteiger partial charge on any atom is -0.446 e. The zero-order valence-electron chi connectivity index (χ0n) is 23.7. The van der Waals surface area contributed by atoms with Crippen molar-refractivity contribution in [1.82, 2.24) is 20.9 Å². The van der Waals surface area contributed by atoms with Crippen LogP contribution in [0, 0.1) is 31.6 Å². The summed E-state index contributed by atoms with van der Waals surface area (Å²) < 4.78 is 34.4. The van der Waals surface area contributed by atoms with Gasteiger partial charge in [-0.25, -0.2) is 18.2 Å². The Morgan fingerprint density at radius 2 is 1.63 bits per heavy atom. The predicted octanol–water partition coefficient (Wildman–Crippen LogP) is 1.62. The Balaban J connectivity index is 2.92. The Morgan fingerprint density at radius 1 is 1.00 bits per heavy atom. The molecule has 13 heteroatoms. The van der Waals surface area contributed by atoms with Gasteiger partial charge in [-0.1, -0.05) is 34.6 Å². The quantitative estimate of drug-likeness (QED) is 0.248. The summed E-state index contributed by atoms with van der Waals surface area (Å²) in [6.07, 6.45) is -0.687. The van der Waals surface area contributed by atoms with Crippen LogP contribution in [-0.2, 0) is 30.8 Å². The molecule has 1 heterocycles. The van der Waals surface area contributed by atoms with Crippen molar-refractivity contribution in [3.8, 4) is 0 Å². The molecule has 0 aliphatic heterocycles. The van der Waals surface area contributed by atoms with Gasteiger partial charge in [-0.15, -0.1) is 0 Å². The molecule has 0 saturated heterocycles. The summed E-state index contributed by atoms with van der Waals surface area (Å²) in [4.78, 5) is 42.0. The molecule has 0 spiro atoms. The van der Waals surface area contributed by atoms with E-state index in [1.165, 1.54) is 0 Å². The number of oxazole rings is 1. The molecule has 0 fully saturated rings. The van der Waals surface area contributed by atoms with Gasteiger partial charge >= 0.3 is 6.09 Å². The topological polar surface area (TPSA) is 177 Å². The maximum absolute atomic E-state index is 13.1. The van der Waals surface area contributed by atoms with E-state index < -0.39 is 51.7 Å². The number of alkyl carbamates (subject to hydrolysis) is 1. The van der Waals surface area contributed by atoms with Crippen LogP contribution in [-0.4, -0.2) is 73.2 Å². The highest BCUT2D eigenvalue weighted by Crippen LogP contribution is 2.16. The third kappa shape index (κ3) is 12.7. The van der Waals surface area contributed by atoms with E-state index in [1.54, 1.807) is 20.8 Å². The van der Waals surface area contributed by atoms with Gasteiger partial charge in [0.05, 0.1) is 17.9 Å². The number of aromatic nitrogens is 1. The lowest BCUT2D eigenvalue weighted by atomic mass is 9.92. The van der Waals surface area contributed by atoms with Gasteiger partial charge in [-0.2, -0.15) is 0 Å². The first-order valence-electron chi connectivity index (χ1n) is 12.8. The number of aryl methyl sites for hydroxylation is 2. The molecule has 0 unspecified atom stereocenters. The second-order valence-electron chi connectivity index (χ2n) is 10.7. The van der Waals surface area contributed by atoms with Crippen molar-refractivity contribution < 1.29 is 37.1 Å². The van der Waals surface area contributed by atoms with E-state index in [4.69, 9.17) is 9.15 Å². The van der Waals surface area contributed by atoms with Crippen LogP contribution in [0.1, 0.15) is 64.8 Å². The third-order valence-electron chi connectivity index (χ3n) is 5.66. The fourth-order valence-electron chi connectivity index (χ4n) is 3.73. The minimum atomic E-state index is -3.68. The van der Waals surface area contributed by atoms with E-state index in [2.05, 4.69) is 20.9 Å². The lowest BCUT2D eigenvalue weighted by Gasteiger charge is -2.29. The zero-order valence-corrected chi connectivity index (χ0v) is 24.5. The van der Waals surface area contributed by atoms with Crippen LogP contribution >= 0.6 is 0 Å². The summed E-state index contributed by atoms with van der Waals surface area (Å²) in [6.45, 7) is 13.0. The van der Waals surface area contributed by atoms with Gasteiger partial charge in [0.1, 0.15) is 33.9 Å². The van der Waals surface area contributed by atoms with Gasteiger partial charge in [0.15, 0.2) is 5.89 Å². The number of hydrogen-bond acceptors (Lipinski definition) is 9. The van der Waals surface area contributed by atoms with Crippen LogP contribution in [0.25, 0.3) is 0 Å². The predicted molar refractivity (Wildman–Crippen MR) is 142 cm³/mol. The molecular formula is C25H44N4O8S. The van der Waals surface area contributed by atoms with Gasteiger partial charge < -0.3 is 30.2 Å². The Bertz CT molecular complexity index is 1040. The van der Waals surface area contributed by atoms with Crippen LogP contribution in [0.5, 0.6) is 0 Å². The molecule has 3 amide bonds. The first-order chi connectivity index (χ1) is 17.5. The molecule has 0 bridgehead atoms. The summed E-state index contributed by atoms with van der Waals surface area (Å²) in [7, 11) is -3.68. The smallest absolute Gasteiger partial charge is 0.408 e. The second-order valence-corrected chi connectivity index (χ2v) is 12.9. The first-order valence-corrected chi connectivity index (χ1v) is 14.8. The summed E-state index contributed by atoms with van der Waals surface area (Å²) in [5.41, 5.74) is 0.397. The van der Waals surface area contributed by atoms with Crippen molar-refractivity contribution >= 4 is 27.7 Å². The summed E-state index contributed by atoms with van der Waals surface area (Å²) in [5.74, 6) is -0.963. The van der Waals surface area contributed by atoms with Crippen molar-refractivity contribution in [2.24, 2.45) is 17.8 Å². The number of nitrogens with one attached hydrogen (secondary N) is 3. The number of rotatable bonds is 15. The van der Waals surface area contributed by atoms with E-state index in [1.807, 2.05) is 27.7 Å². The van der Waals surface area contributed by atoms with Crippen LogP contribution < -0.4 is 16.0 Å². The van der Waals surface area contributed by atoms with Crippen LogP contribution in [0.2, 0.25) is 0 Å². The Labute approximate surface area is 225 Å². The van der Waals surface area contributed by atoms with E-state index in [0.29, 0.717) is 30.3 Å². The van der Waals surface area contributed by atoms with E-state index >= 15 is 0 Å². The molecule has 4 N–H and O–H groups in total. The molecule has 0 radical (unpaired) electrons. The number of carbonyl (C=O) groups is 3. The van der Waals surface area contributed by atoms with Crippen molar-refractivity contribution in [3.05, 3.63) is 17.3 Å². The maximum atomic E-state index is 13.1. The molecule has 218 valence electrons. The Morgan fingerprint density at radius 3 is 2.13 bits per heavy atom. The summed E-state index contributed by atoms with van der Waals surface area (Å²) in [6, 6.07) is -2.24. The van der Waals surface area contributed by atoms with Crippen molar-refractivity contribution in [2.75, 3.05) is 18.6 Å². The monoisotopic (exact) mass is 560 g/mol. The standard InChI is InChI=1S/C25H44N4O8S/c1-14(2)9-19(22(30)10-16(5)23(31)26-11-15(3)4)28-24(32)21(13-38(8,34)35)29-25(33)36-12-20-17(6)37-18(7)27-20/h14-16,19,21-22,30H,9-13H2,1-8H3,(H,26,31)(H,28,32)(H,29,33)/t16-,19-,21+,22+/m1/s1. The second kappa shape index (κ2) is 15.1. The molecule has 0 aliphatic rings. The molecular weight excluding hydrogens is 516 g/mol. The number of amides is 3. The van der Waals surface area contributed by atoms with E-state index in [-0.39, 0.29) is 30.8 Å². The van der Waals surface area contributed by atoms with Gasteiger partial charge in [-0.3, -0.25) is 9.59 Å². The number of nitrogens with zero attached hydrogens (tertiary/aromatic N) is 1. The van der Waals surface area contributed by atoms with Crippen molar-refractivity contribution in [3.63, 3.8) is 0 Å². The largest absolute Gasteiger partial charge is 0.446 e. The van der Waals surface area contributed by atoms with Gasteiger partial charge in [0.25, 0.3) is 0 Å². The highest BCUT2D eigenvalue weighted by Gasteiger charge is 2.31. The van der Waals surface area contributed by atoms with Crippen LogP contribution in [0.15, 0.2) is 4.42 Å². The fourth-order valence-corrected chi connectivity index (χ4v) is 4.57. The van der Waals surface area contributed by atoms with E-state index in [9.17, 15) is 27.9 Å². The first kappa shape index (κ1) is 33.4. The van der Waals surface area contributed by atoms with Crippen LogP contribution in [0.3, 0.4) is 0 Å². The number of sulfone groups is 1. The summed E-state index contributed by atoms with van der Waals surface area (Å²) >= 11 is 0. The van der Waals surface area contributed by atoms with Crippen molar-refractivity contribution in [2.45, 2.75) is 86.1 Å². The highest BCUT2D eigenvalue weighted by molar-refractivity contribution is 7.90. The minimum absolute atomic E-state index is 0.0699. The number of ether oxygens (including phenoxy) is 1. The lowest BCUT2D eigenvalue weighted by molar-refractivity contribution is -0.126. The normalized spacial score (nSPS) is 15.0. The average molecular weight is 561 g/mol. The molecule has 0 saturated carbocycles. The number of hydrogen-bond donors (Lipinski definition) is 4. The zero-order chi connectivity index (χ0) is 29.2. The van der Waals surface area contributed by atoms with Crippen LogP contribution in [0.4, 0.5) is 4.79 Å². The molecule has 4 atom stereocenters. The number of carbonyl (C=O) groups excluding carboxylic acids is 3. The SMILES string of the molecule is Cc1nc(COC(=O)N[C@@H](CS(C)(=O)=O)C(=O)N[C@H](CC(C)C)[C@@H](O)C[C@@H](C)C(=O)NCC(C)C)c(C)o1. The fraction of sp³-hybridized carbons (Fsp3) is 0.760. The third-order valence-corrected chi connectivity index (χ3v) is 6.60. The average Bonchev–Trinajstić information content (AvgIpc) is 3.10. The Hall–Kier alpha value is -2.67. The molecule has 0 aliphatic carbocycles. The van der Waals surface area contributed by atoms with Gasteiger partial charge in [0.2, 0.25) is 11.8 Å². The molecule has 1 rings (SSSR count). The van der Waals surface area contributed by atoms with E-state index in [0.717, 1.165) is 6.26 Å².